The van der Waals surface area contributed by atoms with Gasteiger partial charge in [-0.05, 0) is 25.7 Å². The van der Waals surface area contributed by atoms with Crippen molar-refractivity contribution >= 4 is 40.9 Å². The van der Waals surface area contributed by atoms with E-state index in [4.69, 9.17) is 39.5 Å². The largest absolute Gasteiger partial charge is 0.445 e. The molecule has 0 heterocycles. The van der Waals surface area contributed by atoms with E-state index in [-0.39, 0.29) is 17.6 Å². The first kappa shape index (κ1) is 17.1. The van der Waals surface area contributed by atoms with Crippen LogP contribution in [-0.4, -0.2) is 22.0 Å². The Morgan fingerprint density at radius 2 is 1.59 bits per heavy atom. The van der Waals surface area contributed by atoms with Crippen LogP contribution in [0.25, 0.3) is 0 Å². The Hall–Kier alpha value is 0.140. The zero-order valence-electron chi connectivity index (χ0n) is 10.9. The molecule has 0 unspecified atom stereocenters. The third-order valence-electron chi connectivity index (χ3n) is 1.78. The van der Waals surface area contributed by atoms with Gasteiger partial charge in [0, 0.05) is 5.54 Å². The van der Waals surface area contributed by atoms with Crippen LogP contribution in [0.2, 0.25) is 0 Å². The minimum absolute atomic E-state index is 0.103. The molecule has 0 rings (SSSR count). The molecule has 3 nitrogen and oxygen atoms in total. The van der Waals surface area contributed by atoms with Crippen molar-refractivity contribution in [2.24, 2.45) is 5.41 Å². The Labute approximate surface area is 118 Å². The lowest BCUT2D eigenvalue weighted by Gasteiger charge is -2.33. The fourth-order valence-electron chi connectivity index (χ4n) is 1.83. The van der Waals surface area contributed by atoms with Crippen LogP contribution in [0.1, 0.15) is 41.0 Å². The van der Waals surface area contributed by atoms with Crippen LogP contribution in [0, 0.1) is 5.41 Å². The molecule has 1 amide bonds. The molecule has 0 aliphatic heterocycles. The fourth-order valence-corrected chi connectivity index (χ4v) is 1.99. The smallest absolute Gasteiger partial charge is 0.407 e. The first-order chi connectivity index (χ1) is 7.31. The predicted molar refractivity (Wildman–Crippen MR) is 72.9 cm³/mol. The van der Waals surface area contributed by atoms with Gasteiger partial charge in [-0.25, -0.2) is 4.79 Å². The van der Waals surface area contributed by atoms with E-state index in [1.165, 1.54) is 0 Å². The number of carbonyl (C=O) groups is 1. The molecule has 6 heteroatoms. The van der Waals surface area contributed by atoms with Crippen LogP contribution >= 0.6 is 34.8 Å². The monoisotopic (exact) mass is 303 g/mol. The summed E-state index contributed by atoms with van der Waals surface area (Å²) in [5, 5.41) is 2.75. The summed E-state index contributed by atoms with van der Waals surface area (Å²) < 4.78 is 3.23. The molecule has 0 spiro atoms. The molecule has 0 radical (unpaired) electrons. The third kappa shape index (κ3) is 11.0. The second kappa shape index (κ2) is 5.85. The molecule has 0 fully saturated rings. The van der Waals surface area contributed by atoms with Crippen molar-refractivity contribution in [1.82, 2.24) is 5.32 Å². The number of amides is 1. The van der Waals surface area contributed by atoms with Crippen molar-refractivity contribution in [1.29, 1.82) is 0 Å². The summed E-state index contributed by atoms with van der Waals surface area (Å²) >= 11 is 16.4. The van der Waals surface area contributed by atoms with E-state index in [0.717, 1.165) is 6.42 Å². The maximum absolute atomic E-state index is 11.5. The Kier molecular flexibility index (Phi) is 5.90. The average molecular weight is 305 g/mol. The lowest BCUT2D eigenvalue weighted by Crippen LogP contribution is -2.46. The summed E-state index contributed by atoms with van der Waals surface area (Å²) in [4.78, 5) is 11.5. The summed E-state index contributed by atoms with van der Waals surface area (Å²) in [7, 11) is 0. The fraction of sp³-hybridized carbons (Fsp3) is 0.909. The number of carbonyl (C=O) groups excluding carboxylic acids is 1. The molecule has 0 aromatic heterocycles. The lowest BCUT2D eigenvalue weighted by atomic mass is 9.82. The first-order valence-corrected chi connectivity index (χ1v) is 6.46. The van der Waals surface area contributed by atoms with Gasteiger partial charge in [0.25, 0.3) is 0 Å². The highest BCUT2D eigenvalue weighted by molar-refractivity contribution is 6.67. The average Bonchev–Trinajstić information content (AvgIpc) is 1.93. The zero-order valence-corrected chi connectivity index (χ0v) is 13.1. The number of alkyl carbamates (subject to hydrolysis) is 1. The van der Waals surface area contributed by atoms with E-state index in [0.29, 0.717) is 0 Å². The Bertz CT molecular complexity index is 267. The van der Waals surface area contributed by atoms with Crippen molar-refractivity contribution in [3.63, 3.8) is 0 Å². The summed E-state index contributed by atoms with van der Waals surface area (Å²) in [6.07, 6.45) is 0.230. The van der Waals surface area contributed by atoms with Crippen LogP contribution < -0.4 is 5.32 Å². The zero-order chi connectivity index (χ0) is 13.9. The molecule has 0 aliphatic carbocycles. The summed E-state index contributed by atoms with van der Waals surface area (Å²) in [5.74, 6) is 0. The van der Waals surface area contributed by atoms with Gasteiger partial charge in [0.2, 0.25) is 3.79 Å². The second-order valence-corrected chi connectivity index (χ2v) is 8.45. The normalized spacial score (nSPS) is 13.4. The van der Waals surface area contributed by atoms with Gasteiger partial charge in [-0.15, -0.1) is 0 Å². The third-order valence-corrected chi connectivity index (χ3v) is 2.11. The van der Waals surface area contributed by atoms with E-state index >= 15 is 0 Å². The van der Waals surface area contributed by atoms with E-state index < -0.39 is 9.89 Å². The molecule has 0 aromatic rings. The minimum Gasteiger partial charge on any atom is -0.445 e. The molecule has 0 aromatic carbocycles. The highest BCUT2D eigenvalue weighted by Crippen LogP contribution is 2.28. The molecule has 0 saturated carbocycles. The van der Waals surface area contributed by atoms with E-state index in [9.17, 15) is 4.79 Å². The first-order valence-electron chi connectivity index (χ1n) is 5.32. The Morgan fingerprint density at radius 1 is 1.12 bits per heavy atom. The predicted octanol–water partition coefficient (Wildman–Crippen LogP) is 4.30. The molecule has 17 heavy (non-hydrogen) atoms. The van der Waals surface area contributed by atoms with Crippen molar-refractivity contribution in [3.8, 4) is 0 Å². The maximum atomic E-state index is 11.5. The standard InChI is InChI=1S/C11H20Cl3NO2/c1-9(2,3)6-10(4,5)15-8(16)17-7-11(12,13)14/h6-7H2,1-5H3,(H,15,16). The van der Waals surface area contributed by atoms with Gasteiger partial charge in [0.05, 0.1) is 0 Å². The number of alkyl halides is 3. The van der Waals surface area contributed by atoms with Gasteiger partial charge in [-0.2, -0.15) is 0 Å². The van der Waals surface area contributed by atoms with Crippen molar-refractivity contribution in [2.45, 2.75) is 50.4 Å². The van der Waals surface area contributed by atoms with Crippen LogP contribution in [0.4, 0.5) is 4.79 Å². The molecular weight excluding hydrogens is 284 g/mol. The molecule has 1 N–H and O–H groups in total. The van der Waals surface area contributed by atoms with Crippen molar-refractivity contribution in [3.05, 3.63) is 0 Å². The summed E-state index contributed by atoms with van der Waals surface area (Å²) in [6.45, 7) is 9.88. The number of nitrogens with one attached hydrogen (secondary N) is 1. The highest BCUT2D eigenvalue weighted by Gasteiger charge is 2.29. The lowest BCUT2D eigenvalue weighted by molar-refractivity contribution is 0.130. The molecule has 0 atom stereocenters. The van der Waals surface area contributed by atoms with Gasteiger partial charge in [0.15, 0.2) is 0 Å². The van der Waals surface area contributed by atoms with Crippen molar-refractivity contribution < 1.29 is 9.53 Å². The van der Waals surface area contributed by atoms with E-state index in [2.05, 4.69) is 26.1 Å². The second-order valence-electron chi connectivity index (χ2n) is 5.94. The SMILES string of the molecule is CC(C)(C)CC(C)(C)NC(=O)OCC(Cl)(Cl)Cl. The quantitative estimate of drug-likeness (QED) is 0.790. The van der Waals surface area contributed by atoms with Gasteiger partial charge < -0.3 is 10.1 Å². The van der Waals surface area contributed by atoms with E-state index in [1.807, 2.05) is 13.8 Å². The molecule has 0 bridgehead atoms. The maximum Gasteiger partial charge on any atom is 0.407 e. The molecular formula is C11H20Cl3NO2. The summed E-state index contributed by atoms with van der Waals surface area (Å²) in [5.41, 5.74) is -0.269. The Morgan fingerprint density at radius 3 is 1.94 bits per heavy atom. The minimum atomic E-state index is -1.58. The number of rotatable bonds is 3. The number of hydrogen-bond acceptors (Lipinski definition) is 2. The number of ether oxygens (including phenoxy) is 1. The van der Waals surface area contributed by atoms with Crippen molar-refractivity contribution in [2.75, 3.05) is 6.61 Å². The van der Waals surface area contributed by atoms with Crippen LogP contribution in [0.15, 0.2) is 0 Å². The molecule has 102 valence electrons. The van der Waals surface area contributed by atoms with Crippen LogP contribution in [0.3, 0.4) is 0 Å². The number of halogens is 3. The van der Waals surface area contributed by atoms with Gasteiger partial charge in [-0.1, -0.05) is 55.6 Å². The highest BCUT2D eigenvalue weighted by atomic mass is 35.6. The summed E-state index contributed by atoms with van der Waals surface area (Å²) in [6, 6.07) is 0. The Balaban J connectivity index is 4.19. The van der Waals surface area contributed by atoms with Gasteiger partial charge in [0.1, 0.15) is 6.61 Å². The van der Waals surface area contributed by atoms with E-state index in [1.54, 1.807) is 0 Å². The molecule has 0 aliphatic rings. The van der Waals surface area contributed by atoms with Crippen LogP contribution in [0.5, 0.6) is 0 Å². The number of hydrogen-bond donors (Lipinski definition) is 1. The molecule has 0 saturated heterocycles. The van der Waals surface area contributed by atoms with Gasteiger partial charge >= 0.3 is 6.09 Å². The topological polar surface area (TPSA) is 38.3 Å². The van der Waals surface area contributed by atoms with Gasteiger partial charge in [-0.3, -0.25) is 0 Å². The van der Waals surface area contributed by atoms with Crippen LogP contribution in [-0.2, 0) is 4.74 Å².